The molecule has 2 aliphatic heterocycles. The molecule has 4 nitrogen and oxygen atoms in total. The minimum absolute atomic E-state index is 0.146. The van der Waals surface area contributed by atoms with Crippen LogP contribution in [0.25, 0.3) is 0 Å². The molecule has 0 unspecified atom stereocenters. The molecule has 1 fully saturated rings. The summed E-state index contributed by atoms with van der Waals surface area (Å²) in [5.74, 6) is -0.321. The van der Waals surface area contributed by atoms with Crippen molar-refractivity contribution in [3.8, 4) is 0 Å². The van der Waals surface area contributed by atoms with Gasteiger partial charge in [0.2, 0.25) is 5.91 Å². The second-order valence-corrected chi connectivity index (χ2v) is 5.94. The van der Waals surface area contributed by atoms with E-state index in [9.17, 15) is 9.59 Å². The van der Waals surface area contributed by atoms with E-state index in [1.807, 2.05) is 36.9 Å². The summed E-state index contributed by atoms with van der Waals surface area (Å²) < 4.78 is 5.27. The Morgan fingerprint density at radius 2 is 2.14 bits per heavy atom. The number of ether oxygens (including phenoxy) is 1. The van der Waals surface area contributed by atoms with Crippen molar-refractivity contribution in [2.45, 2.75) is 38.6 Å². The van der Waals surface area contributed by atoms with Crippen LogP contribution < -0.4 is 0 Å². The van der Waals surface area contributed by atoms with E-state index >= 15 is 0 Å². The smallest absolute Gasteiger partial charge is 0.311 e. The van der Waals surface area contributed by atoms with Gasteiger partial charge in [-0.25, -0.2) is 0 Å². The second kappa shape index (κ2) is 5.17. The molecule has 2 aliphatic rings. The minimum atomic E-state index is -0.573. The first-order chi connectivity index (χ1) is 10.1. The number of rotatable bonds is 2. The maximum atomic E-state index is 12.4. The predicted octanol–water partition coefficient (Wildman–Crippen LogP) is 2.26. The molecule has 1 saturated heterocycles. The van der Waals surface area contributed by atoms with Gasteiger partial charge in [0.25, 0.3) is 0 Å². The van der Waals surface area contributed by atoms with Crippen LogP contribution in [0.1, 0.15) is 37.8 Å². The number of carbonyl (C=O) groups is 2. The molecule has 0 radical (unpaired) electrons. The van der Waals surface area contributed by atoms with Crippen molar-refractivity contribution in [1.29, 1.82) is 0 Å². The Labute approximate surface area is 125 Å². The van der Waals surface area contributed by atoms with Crippen LogP contribution in [0.15, 0.2) is 24.3 Å². The molecule has 0 aromatic heterocycles. The van der Waals surface area contributed by atoms with Gasteiger partial charge in [0, 0.05) is 13.0 Å². The predicted molar refractivity (Wildman–Crippen MR) is 78.6 cm³/mol. The lowest BCUT2D eigenvalue weighted by Crippen LogP contribution is -2.60. The first kappa shape index (κ1) is 14.1. The van der Waals surface area contributed by atoms with Crippen LogP contribution in [-0.2, 0) is 26.3 Å². The first-order valence-electron chi connectivity index (χ1n) is 7.64. The molecular weight excluding hydrogens is 266 g/mol. The van der Waals surface area contributed by atoms with E-state index in [4.69, 9.17) is 4.74 Å². The number of carbonyl (C=O) groups excluding carboxylic acids is 2. The van der Waals surface area contributed by atoms with Crippen LogP contribution in [0.4, 0.5) is 0 Å². The zero-order valence-corrected chi connectivity index (χ0v) is 12.6. The van der Waals surface area contributed by atoms with E-state index in [1.165, 1.54) is 5.56 Å². The topological polar surface area (TPSA) is 46.6 Å². The van der Waals surface area contributed by atoms with Crippen LogP contribution in [0, 0.1) is 5.92 Å². The standard InChI is InChI=1S/C17H21NO3/c1-3-21-16(20)14-8-9-15(19)18-11-10-12-6-4-5-7-13(12)17(14,18)2/h4-7,14H,3,8-11H2,1-2H3/t14-,17-/m1/s1. The van der Waals surface area contributed by atoms with Gasteiger partial charge in [-0.15, -0.1) is 0 Å². The van der Waals surface area contributed by atoms with Gasteiger partial charge < -0.3 is 9.64 Å². The highest BCUT2D eigenvalue weighted by molar-refractivity contribution is 5.84. The molecule has 0 spiro atoms. The lowest BCUT2D eigenvalue weighted by Gasteiger charge is -2.52. The maximum absolute atomic E-state index is 12.4. The maximum Gasteiger partial charge on any atom is 0.311 e. The van der Waals surface area contributed by atoms with Crippen molar-refractivity contribution < 1.29 is 14.3 Å². The molecule has 2 heterocycles. The van der Waals surface area contributed by atoms with E-state index in [0.29, 0.717) is 26.0 Å². The van der Waals surface area contributed by atoms with Gasteiger partial charge >= 0.3 is 5.97 Å². The van der Waals surface area contributed by atoms with Crippen LogP contribution in [-0.4, -0.2) is 29.9 Å². The Bertz CT molecular complexity index is 583. The highest BCUT2D eigenvalue weighted by atomic mass is 16.5. The quantitative estimate of drug-likeness (QED) is 0.784. The Hall–Kier alpha value is -1.84. The number of fused-ring (bicyclic) bond motifs is 3. The van der Waals surface area contributed by atoms with Gasteiger partial charge in [0.1, 0.15) is 0 Å². The van der Waals surface area contributed by atoms with E-state index in [-0.39, 0.29) is 17.8 Å². The third kappa shape index (κ3) is 2.04. The molecule has 112 valence electrons. The molecule has 21 heavy (non-hydrogen) atoms. The fourth-order valence-corrected chi connectivity index (χ4v) is 3.88. The normalized spacial score (nSPS) is 27.8. The molecule has 1 aromatic rings. The fraction of sp³-hybridized carbons (Fsp3) is 0.529. The summed E-state index contributed by atoms with van der Waals surface area (Å²) >= 11 is 0. The minimum Gasteiger partial charge on any atom is -0.466 e. The van der Waals surface area contributed by atoms with E-state index in [0.717, 1.165) is 12.0 Å². The van der Waals surface area contributed by atoms with Gasteiger partial charge in [-0.2, -0.15) is 0 Å². The number of piperidine rings is 1. The molecule has 0 saturated carbocycles. The summed E-state index contributed by atoms with van der Waals surface area (Å²) in [5, 5.41) is 0. The summed E-state index contributed by atoms with van der Waals surface area (Å²) in [6.07, 6.45) is 1.85. The Morgan fingerprint density at radius 1 is 1.38 bits per heavy atom. The molecule has 3 rings (SSSR count). The third-order valence-corrected chi connectivity index (χ3v) is 4.93. The zero-order chi connectivity index (χ0) is 15.0. The molecule has 4 heteroatoms. The highest BCUT2D eigenvalue weighted by Crippen LogP contribution is 2.46. The van der Waals surface area contributed by atoms with E-state index < -0.39 is 5.54 Å². The molecule has 0 N–H and O–H groups in total. The first-order valence-corrected chi connectivity index (χ1v) is 7.64. The molecular formula is C17H21NO3. The van der Waals surface area contributed by atoms with Crippen molar-refractivity contribution in [3.05, 3.63) is 35.4 Å². The summed E-state index contributed by atoms with van der Waals surface area (Å²) in [7, 11) is 0. The number of nitrogens with zero attached hydrogens (tertiary/aromatic N) is 1. The number of hydrogen-bond donors (Lipinski definition) is 0. The Balaban J connectivity index is 2.10. The number of hydrogen-bond acceptors (Lipinski definition) is 3. The van der Waals surface area contributed by atoms with Crippen LogP contribution in [0.3, 0.4) is 0 Å². The van der Waals surface area contributed by atoms with Crippen LogP contribution in [0.5, 0.6) is 0 Å². The van der Waals surface area contributed by atoms with Crippen molar-refractivity contribution in [2.75, 3.05) is 13.2 Å². The van der Waals surface area contributed by atoms with Gasteiger partial charge in [0.05, 0.1) is 18.1 Å². The van der Waals surface area contributed by atoms with Crippen LogP contribution >= 0.6 is 0 Å². The zero-order valence-electron chi connectivity index (χ0n) is 12.6. The number of amides is 1. The molecule has 2 atom stereocenters. The van der Waals surface area contributed by atoms with Crippen molar-refractivity contribution in [3.63, 3.8) is 0 Å². The summed E-state index contributed by atoms with van der Waals surface area (Å²) in [6.45, 7) is 4.90. The van der Waals surface area contributed by atoms with E-state index in [2.05, 4.69) is 6.07 Å². The summed E-state index contributed by atoms with van der Waals surface area (Å²) in [4.78, 5) is 26.6. The molecule has 0 bridgehead atoms. The molecule has 0 aliphatic carbocycles. The van der Waals surface area contributed by atoms with E-state index in [1.54, 1.807) is 0 Å². The lowest BCUT2D eigenvalue weighted by molar-refractivity contribution is -0.164. The Morgan fingerprint density at radius 3 is 2.90 bits per heavy atom. The molecule has 1 aromatic carbocycles. The third-order valence-electron chi connectivity index (χ3n) is 4.93. The fourth-order valence-electron chi connectivity index (χ4n) is 3.88. The lowest BCUT2D eigenvalue weighted by atomic mass is 9.69. The largest absolute Gasteiger partial charge is 0.466 e. The summed E-state index contributed by atoms with van der Waals surface area (Å²) in [5.41, 5.74) is 1.76. The SMILES string of the molecule is CCOC(=O)[C@H]1CCC(=O)N2CCc3ccccc3[C@]12C. The van der Waals surface area contributed by atoms with Gasteiger partial charge in [-0.3, -0.25) is 9.59 Å². The monoisotopic (exact) mass is 287 g/mol. The molecule has 1 amide bonds. The highest BCUT2D eigenvalue weighted by Gasteiger charge is 2.52. The van der Waals surface area contributed by atoms with Gasteiger partial charge in [0.15, 0.2) is 0 Å². The summed E-state index contributed by atoms with van der Waals surface area (Å²) in [6, 6.07) is 8.14. The van der Waals surface area contributed by atoms with Crippen molar-refractivity contribution in [2.24, 2.45) is 5.92 Å². The van der Waals surface area contributed by atoms with Crippen molar-refractivity contribution >= 4 is 11.9 Å². The van der Waals surface area contributed by atoms with Gasteiger partial charge in [-0.1, -0.05) is 24.3 Å². The van der Waals surface area contributed by atoms with Gasteiger partial charge in [-0.05, 0) is 37.8 Å². The second-order valence-electron chi connectivity index (χ2n) is 5.94. The van der Waals surface area contributed by atoms with Crippen LogP contribution in [0.2, 0.25) is 0 Å². The Kier molecular flexibility index (Phi) is 3.47. The number of esters is 1. The van der Waals surface area contributed by atoms with Crippen molar-refractivity contribution in [1.82, 2.24) is 4.90 Å². The average Bonchev–Trinajstić information content (AvgIpc) is 2.47. The average molecular weight is 287 g/mol. The number of benzene rings is 1.